The fraction of sp³-hybridized carbons (Fsp3) is 0.125. The van der Waals surface area contributed by atoms with E-state index in [-0.39, 0.29) is 12.5 Å². The maximum absolute atomic E-state index is 12.1. The van der Waals surface area contributed by atoms with Crippen LogP contribution in [0.2, 0.25) is 5.02 Å². The monoisotopic (exact) mass is 435 g/mol. The number of carbonyl (C=O) groups is 2. The Bertz CT molecular complexity index is 1080. The number of nitrogens with zero attached hydrogens (tertiary/aromatic N) is 1. The molecular weight excluding hydrogens is 414 g/mol. The quantitative estimate of drug-likeness (QED) is 0.413. The van der Waals surface area contributed by atoms with E-state index in [0.29, 0.717) is 28.5 Å². The van der Waals surface area contributed by atoms with Gasteiger partial charge in [0.2, 0.25) is 0 Å². The zero-order valence-electron chi connectivity index (χ0n) is 17.0. The van der Waals surface area contributed by atoms with E-state index in [1.54, 1.807) is 30.3 Å². The number of rotatable bonds is 8. The Labute approximate surface area is 185 Å². The zero-order chi connectivity index (χ0) is 22.1. The first-order valence-corrected chi connectivity index (χ1v) is 10.0. The van der Waals surface area contributed by atoms with Crippen LogP contribution in [0.5, 0.6) is 5.75 Å². The lowest BCUT2D eigenvalue weighted by Gasteiger charge is -2.09. The summed E-state index contributed by atoms with van der Waals surface area (Å²) in [6.07, 6.45) is 1.50. The fourth-order valence-electron chi connectivity index (χ4n) is 2.72. The number of ether oxygens (including phenoxy) is 1. The van der Waals surface area contributed by atoms with Crippen molar-refractivity contribution in [3.63, 3.8) is 0 Å². The van der Waals surface area contributed by atoms with E-state index in [9.17, 15) is 9.59 Å². The SMILES string of the molecule is Cc1cccc(C(=O)NCC(=O)NN=Cc2ccccc2OCc2ccc(Cl)cc2)c1. The number of halogens is 1. The van der Waals surface area contributed by atoms with Crippen molar-refractivity contribution < 1.29 is 14.3 Å². The molecule has 0 radical (unpaired) electrons. The van der Waals surface area contributed by atoms with Gasteiger partial charge in [0.15, 0.2) is 0 Å². The Morgan fingerprint density at radius 1 is 1.03 bits per heavy atom. The predicted molar refractivity (Wildman–Crippen MR) is 121 cm³/mol. The summed E-state index contributed by atoms with van der Waals surface area (Å²) in [7, 11) is 0. The highest BCUT2D eigenvalue weighted by Gasteiger charge is 2.08. The third kappa shape index (κ3) is 6.97. The van der Waals surface area contributed by atoms with Gasteiger partial charge in [-0.3, -0.25) is 9.59 Å². The number of aryl methyl sites for hydroxylation is 1. The molecule has 0 spiro atoms. The molecule has 3 aromatic carbocycles. The Balaban J connectivity index is 1.50. The summed E-state index contributed by atoms with van der Waals surface area (Å²) in [5, 5.41) is 7.20. The molecule has 0 bridgehead atoms. The van der Waals surface area contributed by atoms with Crippen LogP contribution in [0, 0.1) is 6.92 Å². The van der Waals surface area contributed by atoms with Crippen molar-refractivity contribution in [2.75, 3.05) is 6.54 Å². The number of nitrogens with one attached hydrogen (secondary N) is 2. The van der Waals surface area contributed by atoms with Gasteiger partial charge in [0, 0.05) is 16.1 Å². The highest BCUT2D eigenvalue weighted by Crippen LogP contribution is 2.18. The summed E-state index contributed by atoms with van der Waals surface area (Å²) < 4.78 is 5.85. The van der Waals surface area contributed by atoms with E-state index in [0.717, 1.165) is 11.1 Å². The molecule has 0 heterocycles. The zero-order valence-corrected chi connectivity index (χ0v) is 17.7. The second-order valence-corrected chi connectivity index (χ2v) is 7.23. The van der Waals surface area contributed by atoms with Crippen LogP contribution in [0.1, 0.15) is 27.0 Å². The molecule has 0 aliphatic rings. The molecule has 0 aliphatic carbocycles. The van der Waals surface area contributed by atoms with Crippen molar-refractivity contribution in [1.82, 2.24) is 10.7 Å². The number of hydrazone groups is 1. The average molecular weight is 436 g/mol. The molecular formula is C24H22ClN3O3. The lowest BCUT2D eigenvalue weighted by atomic mass is 10.1. The van der Waals surface area contributed by atoms with Crippen molar-refractivity contribution in [1.29, 1.82) is 0 Å². The topological polar surface area (TPSA) is 79.8 Å². The highest BCUT2D eigenvalue weighted by atomic mass is 35.5. The molecule has 2 N–H and O–H groups in total. The number of hydrogen-bond acceptors (Lipinski definition) is 4. The van der Waals surface area contributed by atoms with Crippen LogP contribution in [-0.4, -0.2) is 24.6 Å². The first kappa shape index (κ1) is 22.1. The Morgan fingerprint density at radius 2 is 1.81 bits per heavy atom. The van der Waals surface area contributed by atoms with E-state index >= 15 is 0 Å². The van der Waals surface area contributed by atoms with Crippen LogP contribution < -0.4 is 15.5 Å². The minimum atomic E-state index is -0.434. The maximum atomic E-state index is 12.1. The van der Waals surface area contributed by atoms with E-state index in [4.69, 9.17) is 16.3 Å². The second-order valence-electron chi connectivity index (χ2n) is 6.80. The van der Waals surface area contributed by atoms with E-state index < -0.39 is 5.91 Å². The van der Waals surface area contributed by atoms with E-state index in [1.807, 2.05) is 49.4 Å². The van der Waals surface area contributed by atoms with Gasteiger partial charge in [-0.1, -0.05) is 53.6 Å². The van der Waals surface area contributed by atoms with Crippen LogP contribution in [-0.2, 0) is 11.4 Å². The second kappa shape index (κ2) is 10.9. The number of hydrogen-bond donors (Lipinski definition) is 2. The van der Waals surface area contributed by atoms with E-state index in [1.165, 1.54) is 6.21 Å². The highest BCUT2D eigenvalue weighted by molar-refractivity contribution is 6.30. The minimum absolute atomic E-state index is 0.182. The molecule has 3 aromatic rings. The fourth-order valence-corrected chi connectivity index (χ4v) is 2.85. The van der Waals surface area contributed by atoms with Crippen molar-refractivity contribution in [2.24, 2.45) is 5.10 Å². The normalized spacial score (nSPS) is 10.6. The first-order chi connectivity index (χ1) is 15.0. The van der Waals surface area contributed by atoms with Gasteiger partial charge in [-0.15, -0.1) is 0 Å². The van der Waals surface area contributed by atoms with Crippen LogP contribution in [0.15, 0.2) is 77.9 Å². The van der Waals surface area contributed by atoms with Gasteiger partial charge in [-0.2, -0.15) is 5.10 Å². The summed E-state index contributed by atoms with van der Waals surface area (Å²) >= 11 is 5.90. The maximum Gasteiger partial charge on any atom is 0.259 e. The van der Waals surface area contributed by atoms with Crippen molar-refractivity contribution in [2.45, 2.75) is 13.5 Å². The van der Waals surface area contributed by atoms with Gasteiger partial charge >= 0.3 is 0 Å². The Hall–Kier alpha value is -3.64. The molecule has 3 rings (SSSR count). The molecule has 7 heteroatoms. The number of para-hydroxylation sites is 1. The molecule has 0 atom stereocenters. The smallest absolute Gasteiger partial charge is 0.259 e. The minimum Gasteiger partial charge on any atom is -0.488 e. The first-order valence-electron chi connectivity index (χ1n) is 9.64. The van der Waals surface area contributed by atoms with Crippen LogP contribution in [0.4, 0.5) is 0 Å². The van der Waals surface area contributed by atoms with Crippen molar-refractivity contribution in [3.05, 3.63) is 100 Å². The van der Waals surface area contributed by atoms with Gasteiger partial charge in [-0.25, -0.2) is 5.43 Å². The number of benzene rings is 3. The summed E-state index contributed by atoms with van der Waals surface area (Å²) in [5.74, 6) is -0.121. The summed E-state index contributed by atoms with van der Waals surface area (Å²) in [5.41, 5.74) is 5.57. The van der Waals surface area contributed by atoms with Gasteiger partial charge in [0.05, 0.1) is 12.8 Å². The lowest BCUT2D eigenvalue weighted by Crippen LogP contribution is -2.34. The molecule has 31 heavy (non-hydrogen) atoms. The van der Waals surface area contributed by atoms with Crippen LogP contribution >= 0.6 is 11.6 Å². The van der Waals surface area contributed by atoms with Crippen molar-refractivity contribution in [3.8, 4) is 5.75 Å². The van der Waals surface area contributed by atoms with Crippen LogP contribution in [0.3, 0.4) is 0 Å². The summed E-state index contributed by atoms with van der Waals surface area (Å²) in [4.78, 5) is 24.1. The van der Waals surface area contributed by atoms with Gasteiger partial charge in [-0.05, 0) is 48.9 Å². The Kier molecular flexibility index (Phi) is 7.79. The predicted octanol–water partition coefficient (Wildman–Crippen LogP) is 4.11. The van der Waals surface area contributed by atoms with Gasteiger partial charge in [0.25, 0.3) is 11.8 Å². The molecule has 0 saturated heterocycles. The average Bonchev–Trinajstić information content (AvgIpc) is 2.78. The molecule has 158 valence electrons. The lowest BCUT2D eigenvalue weighted by molar-refractivity contribution is -0.120. The van der Waals surface area contributed by atoms with E-state index in [2.05, 4.69) is 15.8 Å². The van der Waals surface area contributed by atoms with Gasteiger partial charge < -0.3 is 10.1 Å². The molecule has 0 aliphatic heterocycles. The number of amides is 2. The summed E-state index contributed by atoms with van der Waals surface area (Å²) in [6, 6.07) is 21.9. The van der Waals surface area contributed by atoms with Gasteiger partial charge in [0.1, 0.15) is 12.4 Å². The molecule has 2 amide bonds. The third-order valence-corrected chi connectivity index (χ3v) is 4.56. The van der Waals surface area contributed by atoms with Crippen LogP contribution in [0.25, 0.3) is 0 Å². The number of carbonyl (C=O) groups excluding carboxylic acids is 2. The largest absolute Gasteiger partial charge is 0.488 e. The molecule has 0 fully saturated rings. The van der Waals surface area contributed by atoms with Crippen molar-refractivity contribution >= 4 is 29.6 Å². The molecule has 0 aromatic heterocycles. The molecule has 6 nitrogen and oxygen atoms in total. The molecule has 0 unspecified atom stereocenters. The molecule has 0 saturated carbocycles. The Morgan fingerprint density at radius 3 is 2.58 bits per heavy atom. The standard InChI is InChI=1S/C24H22ClN3O3/c1-17-5-4-7-19(13-17)24(30)26-15-23(29)28-27-14-20-6-2-3-8-22(20)31-16-18-9-11-21(25)12-10-18/h2-14H,15-16H2,1H3,(H,26,30)(H,28,29). The third-order valence-electron chi connectivity index (χ3n) is 4.31. The summed E-state index contributed by atoms with van der Waals surface area (Å²) in [6.45, 7) is 2.09.